The van der Waals surface area contributed by atoms with E-state index in [0.29, 0.717) is 68.8 Å². The van der Waals surface area contributed by atoms with Gasteiger partial charge in [0, 0.05) is 46.4 Å². The van der Waals surface area contributed by atoms with Crippen molar-refractivity contribution in [2.24, 2.45) is 0 Å². The molecule has 0 aliphatic carbocycles. The van der Waals surface area contributed by atoms with Crippen molar-refractivity contribution in [1.82, 2.24) is 24.9 Å². The highest BCUT2D eigenvalue weighted by atomic mass is 35.5. The fourth-order valence-electron chi connectivity index (χ4n) is 3.63. The van der Waals surface area contributed by atoms with Gasteiger partial charge < -0.3 is 15.0 Å². The number of methoxy groups -OCH3 is 1. The Morgan fingerprint density at radius 1 is 1.16 bits per heavy atom. The molecule has 2 heterocycles. The molecule has 1 aliphatic rings. The van der Waals surface area contributed by atoms with Gasteiger partial charge >= 0.3 is 0 Å². The van der Waals surface area contributed by atoms with Gasteiger partial charge in [-0.05, 0) is 18.9 Å². The van der Waals surface area contributed by atoms with Gasteiger partial charge in [0.05, 0.1) is 24.3 Å². The number of aryl methyl sites for hydroxylation is 1. The minimum absolute atomic E-state index is 0.00282. The second-order valence-corrected chi connectivity index (χ2v) is 8.02. The van der Waals surface area contributed by atoms with Crippen molar-refractivity contribution >= 4 is 23.4 Å². The molecule has 3 rings (SSSR count). The molecule has 0 bridgehead atoms. The Balaban J connectivity index is 1.53. The summed E-state index contributed by atoms with van der Waals surface area (Å²) >= 11 is 6.54. The Bertz CT molecular complexity index is 879. The normalized spacial score (nSPS) is 14.6. The summed E-state index contributed by atoms with van der Waals surface area (Å²) < 4.78 is 6.65. The molecule has 0 spiro atoms. The highest BCUT2D eigenvalue weighted by Crippen LogP contribution is 2.23. The third-order valence-electron chi connectivity index (χ3n) is 5.33. The first kappa shape index (κ1) is 23.2. The Morgan fingerprint density at radius 3 is 2.55 bits per heavy atom. The summed E-state index contributed by atoms with van der Waals surface area (Å²) in [6, 6.07) is 9.89. The molecule has 168 valence electrons. The second kappa shape index (κ2) is 11.3. The predicted molar refractivity (Wildman–Crippen MR) is 119 cm³/mol. The van der Waals surface area contributed by atoms with Gasteiger partial charge in [-0.3, -0.25) is 14.5 Å². The van der Waals surface area contributed by atoms with E-state index in [0.717, 1.165) is 12.0 Å². The zero-order valence-corrected chi connectivity index (χ0v) is 18.9. The molecule has 1 saturated heterocycles. The molecule has 31 heavy (non-hydrogen) atoms. The summed E-state index contributed by atoms with van der Waals surface area (Å²) in [6.45, 7) is 6.29. The number of hydrogen-bond acceptors (Lipinski definition) is 5. The zero-order chi connectivity index (χ0) is 22.2. The van der Waals surface area contributed by atoms with Crippen molar-refractivity contribution < 1.29 is 14.3 Å². The SMILES string of the molecule is COCCCNC(=O)CN1CCN(C(=O)c2c(C)nn(Cc3ccccc3)c2Cl)CC1. The first-order valence-corrected chi connectivity index (χ1v) is 10.9. The van der Waals surface area contributed by atoms with E-state index in [2.05, 4.69) is 15.3 Å². The zero-order valence-electron chi connectivity index (χ0n) is 18.1. The van der Waals surface area contributed by atoms with Gasteiger partial charge in [0.25, 0.3) is 5.91 Å². The monoisotopic (exact) mass is 447 g/mol. The maximum atomic E-state index is 13.1. The summed E-state index contributed by atoms with van der Waals surface area (Å²) in [5, 5.41) is 7.74. The third kappa shape index (κ3) is 6.29. The number of carbonyl (C=O) groups is 2. The Hall–Kier alpha value is -2.42. The molecule has 2 aromatic rings. The van der Waals surface area contributed by atoms with Gasteiger partial charge in [0.15, 0.2) is 0 Å². The smallest absolute Gasteiger partial charge is 0.258 e. The first-order valence-electron chi connectivity index (χ1n) is 10.5. The summed E-state index contributed by atoms with van der Waals surface area (Å²) in [7, 11) is 1.64. The molecule has 1 aromatic heterocycles. The van der Waals surface area contributed by atoms with E-state index in [-0.39, 0.29) is 11.8 Å². The molecule has 0 saturated carbocycles. The molecule has 1 fully saturated rings. The molecule has 0 atom stereocenters. The summed E-state index contributed by atoms with van der Waals surface area (Å²) in [5.74, 6) is -0.109. The number of halogens is 1. The van der Waals surface area contributed by atoms with Crippen molar-refractivity contribution in [3.63, 3.8) is 0 Å². The highest BCUT2D eigenvalue weighted by Gasteiger charge is 2.28. The van der Waals surface area contributed by atoms with Gasteiger partial charge in [0.2, 0.25) is 5.91 Å². The highest BCUT2D eigenvalue weighted by molar-refractivity contribution is 6.33. The number of nitrogens with zero attached hydrogens (tertiary/aromatic N) is 4. The quantitative estimate of drug-likeness (QED) is 0.593. The molecule has 0 unspecified atom stereocenters. The summed E-state index contributed by atoms with van der Waals surface area (Å²) in [5.41, 5.74) is 2.16. The lowest BCUT2D eigenvalue weighted by Crippen LogP contribution is -2.51. The average molecular weight is 448 g/mol. The van der Waals surface area contributed by atoms with Crippen molar-refractivity contribution in [3.05, 3.63) is 52.3 Å². The number of nitrogens with one attached hydrogen (secondary N) is 1. The van der Waals surface area contributed by atoms with Crippen LogP contribution in [0.2, 0.25) is 5.15 Å². The number of carbonyl (C=O) groups excluding carboxylic acids is 2. The van der Waals surface area contributed by atoms with Gasteiger partial charge in [-0.25, -0.2) is 4.68 Å². The molecule has 1 N–H and O–H groups in total. The lowest BCUT2D eigenvalue weighted by atomic mass is 10.2. The molecular weight excluding hydrogens is 418 g/mol. The molecule has 1 aliphatic heterocycles. The van der Waals surface area contributed by atoms with E-state index in [1.165, 1.54) is 0 Å². The van der Waals surface area contributed by atoms with Gasteiger partial charge in [0.1, 0.15) is 5.15 Å². The van der Waals surface area contributed by atoms with Crippen LogP contribution in [-0.2, 0) is 16.1 Å². The summed E-state index contributed by atoms with van der Waals surface area (Å²) in [4.78, 5) is 29.0. The van der Waals surface area contributed by atoms with Crippen molar-refractivity contribution in [2.75, 3.05) is 53.0 Å². The van der Waals surface area contributed by atoms with Crippen molar-refractivity contribution in [2.45, 2.75) is 19.9 Å². The van der Waals surface area contributed by atoms with Crippen molar-refractivity contribution in [1.29, 1.82) is 0 Å². The fraction of sp³-hybridized carbons (Fsp3) is 0.500. The third-order valence-corrected chi connectivity index (χ3v) is 5.71. The number of aromatic nitrogens is 2. The summed E-state index contributed by atoms with van der Waals surface area (Å²) in [6.07, 6.45) is 0.794. The Kier molecular flexibility index (Phi) is 8.45. The number of amides is 2. The molecule has 0 radical (unpaired) electrons. The van der Waals surface area contributed by atoms with E-state index in [4.69, 9.17) is 16.3 Å². The van der Waals surface area contributed by atoms with Crippen LogP contribution in [0.5, 0.6) is 0 Å². The van der Waals surface area contributed by atoms with E-state index in [1.54, 1.807) is 16.7 Å². The fourth-order valence-corrected chi connectivity index (χ4v) is 3.94. The van der Waals surface area contributed by atoms with Crippen LogP contribution in [0.25, 0.3) is 0 Å². The van der Waals surface area contributed by atoms with Gasteiger partial charge in [-0.15, -0.1) is 0 Å². The minimum Gasteiger partial charge on any atom is -0.385 e. The molecule has 8 nitrogen and oxygen atoms in total. The second-order valence-electron chi connectivity index (χ2n) is 7.66. The van der Waals surface area contributed by atoms with Gasteiger partial charge in [-0.1, -0.05) is 41.9 Å². The lowest BCUT2D eigenvalue weighted by Gasteiger charge is -2.34. The molecule has 1 aromatic carbocycles. The van der Waals surface area contributed by atoms with Crippen LogP contribution in [-0.4, -0.2) is 84.4 Å². The van der Waals surface area contributed by atoms with E-state index in [9.17, 15) is 9.59 Å². The van der Waals surface area contributed by atoms with Crippen LogP contribution in [0.1, 0.15) is 28.0 Å². The maximum absolute atomic E-state index is 13.1. The number of ether oxygens (including phenoxy) is 1. The topological polar surface area (TPSA) is 79.7 Å². The molecular formula is C22H30ClN5O3. The van der Waals surface area contributed by atoms with Crippen LogP contribution in [0.4, 0.5) is 0 Å². The average Bonchev–Trinajstić information content (AvgIpc) is 3.05. The van der Waals surface area contributed by atoms with Crippen LogP contribution in [0, 0.1) is 6.92 Å². The van der Waals surface area contributed by atoms with Crippen LogP contribution in [0.3, 0.4) is 0 Å². The lowest BCUT2D eigenvalue weighted by molar-refractivity contribution is -0.122. The number of rotatable bonds is 9. The van der Waals surface area contributed by atoms with Crippen LogP contribution >= 0.6 is 11.6 Å². The largest absolute Gasteiger partial charge is 0.385 e. The Labute approximate surface area is 188 Å². The van der Waals surface area contributed by atoms with Crippen LogP contribution < -0.4 is 5.32 Å². The maximum Gasteiger partial charge on any atom is 0.258 e. The Morgan fingerprint density at radius 2 is 1.87 bits per heavy atom. The predicted octanol–water partition coefficient (Wildman–Crippen LogP) is 1.80. The van der Waals surface area contributed by atoms with Gasteiger partial charge in [-0.2, -0.15) is 5.10 Å². The van der Waals surface area contributed by atoms with Crippen molar-refractivity contribution in [3.8, 4) is 0 Å². The molecule has 2 amide bonds. The number of hydrogen-bond donors (Lipinski definition) is 1. The first-order chi connectivity index (χ1) is 15.0. The molecule has 9 heteroatoms. The van der Waals surface area contributed by atoms with E-state index < -0.39 is 0 Å². The van der Waals surface area contributed by atoms with E-state index in [1.807, 2.05) is 37.3 Å². The number of piperazine rings is 1. The minimum atomic E-state index is -0.106. The van der Waals surface area contributed by atoms with Crippen LogP contribution in [0.15, 0.2) is 30.3 Å². The van der Waals surface area contributed by atoms with E-state index >= 15 is 0 Å². The number of benzene rings is 1. The standard InChI is InChI=1S/C22H30ClN5O3/c1-17-20(21(23)28(25-17)15-18-7-4-3-5-8-18)22(30)27-12-10-26(11-13-27)16-19(29)24-9-6-14-31-2/h3-5,7-8H,6,9-16H2,1-2H3,(H,24,29).